The summed E-state index contributed by atoms with van der Waals surface area (Å²) in [6.07, 6.45) is 4.45. The van der Waals surface area contributed by atoms with Crippen LogP contribution in [0.25, 0.3) is 0 Å². The number of allylic oxidation sites excluding steroid dienone is 2. The van der Waals surface area contributed by atoms with Crippen molar-refractivity contribution in [1.29, 1.82) is 0 Å². The Balaban J connectivity index is 1.21. The average molecular weight is 489 g/mol. The van der Waals surface area contributed by atoms with Gasteiger partial charge in [-0.05, 0) is 72.7 Å². The molecule has 3 heteroatoms. The van der Waals surface area contributed by atoms with E-state index in [1.54, 1.807) is 0 Å². The van der Waals surface area contributed by atoms with E-state index in [9.17, 15) is 0 Å². The van der Waals surface area contributed by atoms with Gasteiger partial charge in [-0.3, -0.25) is 0 Å². The summed E-state index contributed by atoms with van der Waals surface area (Å²) in [6, 6.07) is 35.3. The van der Waals surface area contributed by atoms with Gasteiger partial charge in [-0.15, -0.1) is 0 Å². The van der Waals surface area contributed by atoms with Crippen molar-refractivity contribution in [3.8, 4) is 17.2 Å². The van der Waals surface area contributed by atoms with Crippen LogP contribution in [0.15, 0.2) is 115 Å². The van der Waals surface area contributed by atoms with Crippen molar-refractivity contribution in [2.45, 2.75) is 45.0 Å². The molecule has 0 N–H and O–H groups in total. The van der Waals surface area contributed by atoms with E-state index in [1.807, 2.05) is 42.5 Å². The zero-order chi connectivity index (χ0) is 25.0. The highest BCUT2D eigenvalue weighted by molar-refractivity contribution is 5.48. The van der Waals surface area contributed by atoms with Gasteiger partial charge in [0.2, 0.25) is 0 Å². The second-order valence-electron chi connectivity index (χ2n) is 9.98. The Morgan fingerprint density at radius 3 is 2.00 bits per heavy atom. The average Bonchev–Trinajstić information content (AvgIpc) is 3.41. The molecule has 0 aromatic heterocycles. The van der Waals surface area contributed by atoms with Gasteiger partial charge >= 0.3 is 0 Å². The highest BCUT2D eigenvalue weighted by atomic mass is 16.5. The van der Waals surface area contributed by atoms with Gasteiger partial charge in [-0.1, -0.05) is 84.4 Å². The highest BCUT2D eigenvalue weighted by Gasteiger charge is 2.43. The van der Waals surface area contributed by atoms with E-state index >= 15 is 0 Å². The van der Waals surface area contributed by atoms with E-state index < -0.39 is 0 Å². The lowest BCUT2D eigenvalue weighted by Gasteiger charge is -2.36. The molecule has 0 radical (unpaired) electrons. The maximum absolute atomic E-state index is 6.69. The molecule has 4 aromatic carbocycles. The van der Waals surface area contributed by atoms with Gasteiger partial charge in [-0.2, -0.15) is 0 Å². The molecule has 0 unspecified atom stereocenters. The molecule has 3 nitrogen and oxygen atoms in total. The first kappa shape index (κ1) is 23.4. The summed E-state index contributed by atoms with van der Waals surface area (Å²) in [6.45, 7) is 3.29. The second-order valence-corrected chi connectivity index (χ2v) is 9.98. The smallest absolute Gasteiger partial charge is 0.127 e. The third-order valence-electron chi connectivity index (χ3n) is 7.63. The fourth-order valence-corrected chi connectivity index (χ4v) is 5.64. The van der Waals surface area contributed by atoms with E-state index in [2.05, 4.69) is 73.7 Å². The molecular weight excluding hydrogens is 456 g/mol. The Morgan fingerprint density at radius 1 is 0.730 bits per heavy atom. The number of hydrogen-bond donors (Lipinski definition) is 0. The molecule has 0 spiro atoms. The highest BCUT2D eigenvalue weighted by Crippen LogP contribution is 2.56. The molecule has 1 saturated carbocycles. The van der Waals surface area contributed by atoms with Gasteiger partial charge < -0.3 is 14.2 Å². The molecule has 1 fully saturated rings. The van der Waals surface area contributed by atoms with Gasteiger partial charge in [0.25, 0.3) is 0 Å². The molecule has 4 aromatic rings. The SMILES string of the molecule is C/C=C1\C[C@H]2[C@@H](C1)c1cc(OCc3ccccc3)ccc1O[C@H]2c1ccc(OCc2ccccc2)cc1. The minimum atomic E-state index is 0.0224. The van der Waals surface area contributed by atoms with Crippen molar-refractivity contribution >= 4 is 0 Å². The van der Waals surface area contributed by atoms with Gasteiger partial charge in [0, 0.05) is 11.5 Å². The van der Waals surface area contributed by atoms with Crippen LogP contribution in [0.4, 0.5) is 0 Å². The van der Waals surface area contributed by atoms with Crippen LogP contribution in [0.1, 0.15) is 54.0 Å². The summed E-state index contributed by atoms with van der Waals surface area (Å²) in [7, 11) is 0. The first-order valence-corrected chi connectivity index (χ1v) is 13.1. The summed E-state index contributed by atoms with van der Waals surface area (Å²) in [5.74, 6) is 3.58. The fraction of sp³-hybridized carbons (Fsp3) is 0.235. The van der Waals surface area contributed by atoms with Crippen molar-refractivity contribution in [1.82, 2.24) is 0 Å². The Kier molecular flexibility index (Phi) is 6.68. The Labute approximate surface area is 219 Å². The van der Waals surface area contributed by atoms with Crippen LogP contribution in [-0.2, 0) is 13.2 Å². The van der Waals surface area contributed by atoms with E-state index in [0.29, 0.717) is 25.0 Å². The number of hydrogen-bond acceptors (Lipinski definition) is 3. The molecule has 0 amide bonds. The molecular formula is C34H32O3. The zero-order valence-electron chi connectivity index (χ0n) is 21.2. The van der Waals surface area contributed by atoms with Crippen LogP contribution in [0.5, 0.6) is 17.2 Å². The van der Waals surface area contributed by atoms with Gasteiger partial charge in [0.05, 0.1) is 0 Å². The first-order chi connectivity index (χ1) is 18.3. The van der Waals surface area contributed by atoms with Crippen LogP contribution in [-0.4, -0.2) is 0 Å². The van der Waals surface area contributed by atoms with Crippen LogP contribution >= 0.6 is 0 Å². The maximum atomic E-state index is 6.69. The van der Waals surface area contributed by atoms with Crippen LogP contribution in [0.3, 0.4) is 0 Å². The molecule has 37 heavy (non-hydrogen) atoms. The summed E-state index contributed by atoms with van der Waals surface area (Å²) in [5, 5.41) is 0. The normalized spacial score (nSPS) is 21.1. The van der Waals surface area contributed by atoms with Crippen molar-refractivity contribution < 1.29 is 14.2 Å². The molecule has 1 heterocycles. The zero-order valence-corrected chi connectivity index (χ0v) is 21.2. The van der Waals surface area contributed by atoms with E-state index in [4.69, 9.17) is 14.2 Å². The van der Waals surface area contributed by atoms with Gasteiger partial charge in [-0.25, -0.2) is 0 Å². The first-order valence-electron chi connectivity index (χ1n) is 13.1. The molecule has 0 bridgehead atoms. The third-order valence-corrected chi connectivity index (χ3v) is 7.63. The Morgan fingerprint density at radius 2 is 1.35 bits per heavy atom. The third kappa shape index (κ3) is 5.13. The molecule has 0 saturated heterocycles. The predicted molar refractivity (Wildman–Crippen MR) is 147 cm³/mol. The summed E-state index contributed by atoms with van der Waals surface area (Å²) < 4.78 is 18.9. The minimum Gasteiger partial charge on any atom is -0.489 e. The second kappa shape index (κ2) is 10.6. The molecule has 1 aliphatic carbocycles. The quantitative estimate of drug-likeness (QED) is 0.244. The van der Waals surface area contributed by atoms with Crippen molar-refractivity contribution in [3.63, 3.8) is 0 Å². The molecule has 2 aliphatic rings. The predicted octanol–water partition coefficient (Wildman–Crippen LogP) is 8.42. The summed E-state index contributed by atoms with van der Waals surface area (Å²) in [5.41, 5.74) is 6.32. The monoisotopic (exact) mass is 488 g/mol. The van der Waals surface area contributed by atoms with Crippen molar-refractivity contribution in [2.24, 2.45) is 5.92 Å². The van der Waals surface area contributed by atoms with Gasteiger partial charge in [0.1, 0.15) is 36.6 Å². The Bertz CT molecular complexity index is 1360. The fourth-order valence-electron chi connectivity index (χ4n) is 5.64. The maximum Gasteiger partial charge on any atom is 0.127 e. The lowest BCUT2D eigenvalue weighted by Crippen LogP contribution is -2.26. The van der Waals surface area contributed by atoms with E-state index in [1.165, 1.54) is 27.8 Å². The molecule has 186 valence electrons. The number of benzene rings is 4. The molecule has 3 atom stereocenters. The van der Waals surface area contributed by atoms with Crippen LogP contribution in [0, 0.1) is 5.92 Å². The van der Waals surface area contributed by atoms with E-state index in [0.717, 1.165) is 30.1 Å². The minimum absolute atomic E-state index is 0.0224. The standard InChI is InChI=1S/C34H32O3/c1-2-24-19-30-31-21-29(36-23-26-11-7-4-8-12-26)17-18-33(31)37-34(32(30)20-24)27-13-15-28(16-14-27)35-22-25-9-5-3-6-10-25/h2-18,21,30,32,34H,19-20,22-23H2,1H3/b24-2-/t30-,32-,34-/m0/s1. The Hall–Kier alpha value is -3.98. The van der Waals surface area contributed by atoms with E-state index in [-0.39, 0.29) is 6.10 Å². The number of rotatable bonds is 7. The lowest BCUT2D eigenvalue weighted by atomic mass is 9.80. The summed E-state index contributed by atoms with van der Waals surface area (Å²) in [4.78, 5) is 0. The van der Waals surface area contributed by atoms with Crippen molar-refractivity contribution in [3.05, 3.63) is 137 Å². The molecule has 1 aliphatic heterocycles. The van der Waals surface area contributed by atoms with Gasteiger partial charge in [0.15, 0.2) is 0 Å². The van der Waals surface area contributed by atoms with Crippen LogP contribution in [0.2, 0.25) is 0 Å². The number of ether oxygens (including phenoxy) is 3. The molecule has 6 rings (SSSR count). The largest absolute Gasteiger partial charge is 0.489 e. The van der Waals surface area contributed by atoms with Crippen molar-refractivity contribution in [2.75, 3.05) is 0 Å². The topological polar surface area (TPSA) is 27.7 Å². The lowest BCUT2D eigenvalue weighted by molar-refractivity contribution is 0.104. The van der Waals surface area contributed by atoms with Crippen LogP contribution < -0.4 is 14.2 Å². The summed E-state index contributed by atoms with van der Waals surface area (Å²) >= 11 is 0. The number of fused-ring (bicyclic) bond motifs is 3.